The van der Waals surface area contributed by atoms with Gasteiger partial charge in [0.05, 0.1) is 0 Å². The summed E-state index contributed by atoms with van der Waals surface area (Å²) in [6, 6.07) is 14.3. The number of nitrogens with one attached hydrogen (secondary N) is 1. The monoisotopic (exact) mass is 480 g/mol. The number of piperidine rings is 1. The number of aromatic nitrogens is 1. The predicted octanol–water partition coefficient (Wildman–Crippen LogP) is 2.60. The van der Waals surface area contributed by atoms with E-state index < -0.39 is 0 Å². The van der Waals surface area contributed by atoms with Gasteiger partial charge in [-0.05, 0) is 37.1 Å². The van der Waals surface area contributed by atoms with Crippen molar-refractivity contribution in [3.05, 3.63) is 64.1 Å². The van der Waals surface area contributed by atoms with Crippen molar-refractivity contribution < 1.29 is 4.74 Å². The number of para-hydroxylation sites is 1. The van der Waals surface area contributed by atoms with Gasteiger partial charge in [-0.25, -0.2) is 0 Å². The van der Waals surface area contributed by atoms with Gasteiger partial charge in [-0.3, -0.25) is 14.6 Å². The maximum atomic E-state index is 13.1. The molecule has 2 saturated heterocycles. The molecule has 5 rings (SSSR count). The van der Waals surface area contributed by atoms with Crippen LogP contribution in [0.15, 0.2) is 47.3 Å². The van der Waals surface area contributed by atoms with Gasteiger partial charge < -0.3 is 14.6 Å². The fourth-order valence-electron chi connectivity index (χ4n) is 5.18. The Balaban J connectivity index is 0.00000144. The smallest absolute Gasteiger partial charge is 0.255 e. The largest absolute Gasteiger partial charge is 0.492 e. The Labute approximate surface area is 202 Å². The van der Waals surface area contributed by atoms with Gasteiger partial charge in [0.1, 0.15) is 12.4 Å². The summed E-state index contributed by atoms with van der Waals surface area (Å²) >= 11 is 0. The first kappa shape index (κ1) is 25.1. The fourth-order valence-corrected chi connectivity index (χ4v) is 5.18. The number of nitrogens with zero attached hydrogens (tertiary/aromatic N) is 3. The van der Waals surface area contributed by atoms with Crippen LogP contribution in [0.3, 0.4) is 0 Å². The zero-order valence-corrected chi connectivity index (χ0v) is 20.1. The van der Waals surface area contributed by atoms with Gasteiger partial charge in [-0.2, -0.15) is 0 Å². The minimum atomic E-state index is 0. The van der Waals surface area contributed by atoms with E-state index in [4.69, 9.17) is 4.74 Å². The molecule has 176 valence electrons. The summed E-state index contributed by atoms with van der Waals surface area (Å²) in [5.74, 6) is 2.04. The second kappa shape index (κ2) is 11.5. The van der Waals surface area contributed by atoms with Crippen LogP contribution in [0.5, 0.6) is 5.75 Å². The molecule has 4 heterocycles. The van der Waals surface area contributed by atoms with Crippen LogP contribution in [0.25, 0.3) is 0 Å². The Morgan fingerprint density at radius 1 is 0.938 bits per heavy atom. The summed E-state index contributed by atoms with van der Waals surface area (Å²) in [5.41, 5.74) is 2.42. The van der Waals surface area contributed by atoms with Crippen molar-refractivity contribution in [1.82, 2.24) is 19.7 Å². The molecule has 0 amide bonds. The fraction of sp³-hybridized carbons (Fsp3) is 0.542. The number of halogens is 2. The van der Waals surface area contributed by atoms with Crippen LogP contribution >= 0.6 is 24.8 Å². The van der Waals surface area contributed by atoms with Crippen molar-refractivity contribution >= 4 is 24.8 Å². The third-order valence-corrected chi connectivity index (χ3v) is 6.87. The van der Waals surface area contributed by atoms with Crippen molar-refractivity contribution in [3.8, 4) is 5.75 Å². The zero-order chi connectivity index (χ0) is 20.3. The van der Waals surface area contributed by atoms with Gasteiger partial charge in [-0.15, -0.1) is 24.8 Å². The molecule has 2 bridgehead atoms. The number of benzene rings is 1. The van der Waals surface area contributed by atoms with Crippen LogP contribution < -0.4 is 15.6 Å². The molecular weight excluding hydrogens is 447 g/mol. The van der Waals surface area contributed by atoms with Gasteiger partial charge in [0.15, 0.2) is 0 Å². The molecule has 2 aromatic rings. The van der Waals surface area contributed by atoms with Gasteiger partial charge in [0.25, 0.3) is 5.56 Å². The Morgan fingerprint density at radius 3 is 2.47 bits per heavy atom. The highest BCUT2D eigenvalue weighted by molar-refractivity contribution is 5.85. The number of piperazine rings is 1. The van der Waals surface area contributed by atoms with Crippen LogP contribution in [-0.4, -0.2) is 66.8 Å². The molecule has 0 saturated carbocycles. The Morgan fingerprint density at radius 2 is 1.69 bits per heavy atom. The molecule has 0 spiro atoms. The molecule has 0 aliphatic carbocycles. The molecule has 32 heavy (non-hydrogen) atoms. The van der Waals surface area contributed by atoms with Gasteiger partial charge >= 0.3 is 0 Å². The van der Waals surface area contributed by atoms with Crippen LogP contribution in [0.2, 0.25) is 0 Å². The summed E-state index contributed by atoms with van der Waals surface area (Å²) in [7, 11) is 0. The first-order valence-electron chi connectivity index (χ1n) is 11.3. The number of ether oxygens (including phenoxy) is 1. The van der Waals surface area contributed by atoms with Crippen LogP contribution in [0, 0.1) is 5.92 Å². The minimum absolute atomic E-state index is 0. The first-order chi connectivity index (χ1) is 14.8. The third-order valence-electron chi connectivity index (χ3n) is 6.87. The second-order valence-electron chi connectivity index (χ2n) is 8.94. The highest BCUT2D eigenvalue weighted by Crippen LogP contribution is 2.31. The van der Waals surface area contributed by atoms with E-state index in [-0.39, 0.29) is 30.4 Å². The molecule has 3 aliphatic heterocycles. The number of pyridine rings is 1. The zero-order valence-electron chi connectivity index (χ0n) is 18.4. The van der Waals surface area contributed by atoms with Crippen molar-refractivity contribution in [2.75, 3.05) is 52.4 Å². The van der Waals surface area contributed by atoms with Crippen molar-refractivity contribution in [3.63, 3.8) is 0 Å². The molecule has 1 aromatic carbocycles. The second-order valence-corrected chi connectivity index (χ2v) is 8.94. The molecule has 6 nitrogen and oxygen atoms in total. The third kappa shape index (κ3) is 5.67. The minimum Gasteiger partial charge on any atom is -0.492 e. The number of hydrogen-bond acceptors (Lipinski definition) is 5. The first-order valence-corrected chi connectivity index (χ1v) is 11.3. The van der Waals surface area contributed by atoms with E-state index in [1.54, 1.807) is 0 Å². The lowest BCUT2D eigenvalue weighted by Crippen LogP contribution is -2.48. The molecule has 8 heteroatoms. The number of hydrogen-bond donors (Lipinski definition) is 1. The normalized spacial score (nSPS) is 22.9. The van der Waals surface area contributed by atoms with E-state index in [2.05, 4.69) is 31.8 Å². The molecule has 3 aliphatic rings. The van der Waals surface area contributed by atoms with E-state index in [1.165, 1.54) is 12.1 Å². The van der Waals surface area contributed by atoms with E-state index in [0.29, 0.717) is 18.4 Å². The van der Waals surface area contributed by atoms with E-state index in [9.17, 15) is 4.79 Å². The topological polar surface area (TPSA) is 49.7 Å². The van der Waals surface area contributed by atoms with Crippen molar-refractivity contribution in [2.24, 2.45) is 5.92 Å². The van der Waals surface area contributed by atoms with E-state index in [1.807, 2.05) is 30.3 Å². The van der Waals surface area contributed by atoms with Gasteiger partial charge in [0, 0.05) is 69.5 Å². The molecule has 0 radical (unpaired) electrons. The standard InChI is InChI=1S/C24H32N4O2.2ClH/c29-24-20(6-7-23-21-14-19(15-25-16-21)17-28(23)24)18-27-10-8-26(9-11-27)12-13-30-22-4-2-1-3-5-22;;/h1-7,19,21,25H,8-18H2;2*1H/t19-,21+;;/m0../s1. The van der Waals surface area contributed by atoms with Crippen LogP contribution in [0.4, 0.5) is 0 Å². The molecule has 1 N–H and O–H groups in total. The highest BCUT2D eigenvalue weighted by Gasteiger charge is 2.31. The Hall–Kier alpha value is -1.57. The lowest BCUT2D eigenvalue weighted by molar-refractivity contribution is 0.112. The lowest BCUT2D eigenvalue weighted by atomic mass is 9.84. The molecule has 2 fully saturated rings. The summed E-state index contributed by atoms with van der Waals surface area (Å²) in [6.07, 6.45) is 1.22. The summed E-state index contributed by atoms with van der Waals surface area (Å²) in [5, 5.41) is 3.52. The summed E-state index contributed by atoms with van der Waals surface area (Å²) in [4.78, 5) is 18.0. The van der Waals surface area contributed by atoms with Crippen molar-refractivity contribution in [2.45, 2.75) is 25.4 Å². The average molecular weight is 481 g/mol. The van der Waals surface area contributed by atoms with Gasteiger partial charge in [0.2, 0.25) is 0 Å². The maximum Gasteiger partial charge on any atom is 0.255 e. The lowest BCUT2D eigenvalue weighted by Gasteiger charge is -2.38. The Bertz CT molecular complexity index is 916. The summed E-state index contributed by atoms with van der Waals surface area (Å²) < 4.78 is 7.90. The SMILES string of the molecule is Cl.Cl.O=c1c(CN2CCN(CCOc3ccccc3)CC2)ccc2n1C[C@@H]1CNC[C@H]2C1. The van der Waals surface area contributed by atoms with Crippen molar-refractivity contribution in [1.29, 1.82) is 0 Å². The quantitative estimate of drug-likeness (QED) is 0.688. The Kier molecular flexibility index (Phi) is 9.03. The highest BCUT2D eigenvalue weighted by atomic mass is 35.5. The van der Waals surface area contributed by atoms with E-state index in [0.717, 1.165) is 70.2 Å². The van der Waals surface area contributed by atoms with E-state index >= 15 is 0 Å². The average Bonchev–Trinajstić information content (AvgIpc) is 2.78. The van der Waals surface area contributed by atoms with Gasteiger partial charge in [-0.1, -0.05) is 24.3 Å². The molecule has 0 unspecified atom stereocenters. The number of fused-ring (bicyclic) bond motifs is 4. The maximum absolute atomic E-state index is 13.1. The molecular formula is C24H34Cl2N4O2. The predicted molar refractivity (Wildman–Crippen MR) is 133 cm³/mol. The van der Waals surface area contributed by atoms with Crippen LogP contribution in [0.1, 0.15) is 23.6 Å². The number of rotatable bonds is 6. The van der Waals surface area contributed by atoms with Crippen LogP contribution in [-0.2, 0) is 13.1 Å². The molecule has 1 aromatic heterocycles. The molecule has 2 atom stereocenters. The summed E-state index contributed by atoms with van der Waals surface area (Å²) in [6.45, 7) is 9.41.